The molecule has 0 saturated carbocycles. The number of hydrogen-bond donors (Lipinski definition) is 0. The van der Waals surface area contributed by atoms with Crippen LogP contribution < -0.4 is 9.47 Å². The highest BCUT2D eigenvalue weighted by molar-refractivity contribution is 5.79. The molecule has 0 bridgehead atoms. The highest BCUT2D eigenvalue weighted by Crippen LogP contribution is 2.34. The summed E-state index contributed by atoms with van der Waals surface area (Å²) < 4.78 is 55.6. The molecule has 0 atom stereocenters. The smallest absolute Gasteiger partial charge is 0.435 e. The van der Waals surface area contributed by atoms with Gasteiger partial charge in [0, 0.05) is 24.9 Å². The molecule has 10 heteroatoms. The van der Waals surface area contributed by atoms with E-state index in [2.05, 4.69) is 15.1 Å². The molecular formula is C15H15F3N4O3. The Morgan fingerprint density at radius 1 is 1.24 bits per heavy atom. The fourth-order valence-corrected chi connectivity index (χ4v) is 2.10. The zero-order valence-corrected chi connectivity index (χ0v) is 13.7. The molecule has 0 N–H and O–H groups in total. The van der Waals surface area contributed by atoms with Crippen molar-refractivity contribution in [2.45, 2.75) is 26.4 Å². The van der Waals surface area contributed by atoms with E-state index >= 15 is 0 Å². The Balaban J connectivity index is 1.98. The van der Waals surface area contributed by atoms with Crippen LogP contribution in [0.5, 0.6) is 17.8 Å². The first kappa shape index (κ1) is 17.1. The van der Waals surface area contributed by atoms with Gasteiger partial charge < -0.3 is 13.9 Å². The van der Waals surface area contributed by atoms with Crippen LogP contribution in [0.25, 0.3) is 11.1 Å². The maximum atomic E-state index is 12.8. The van der Waals surface area contributed by atoms with Crippen molar-refractivity contribution in [1.29, 1.82) is 0 Å². The number of oxazole rings is 1. The van der Waals surface area contributed by atoms with Gasteiger partial charge in [-0.05, 0) is 13.3 Å². The van der Waals surface area contributed by atoms with Gasteiger partial charge in [-0.25, -0.2) is 9.67 Å². The van der Waals surface area contributed by atoms with Crippen LogP contribution in [0.3, 0.4) is 0 Å². The van der Waals surface area contributed by atoms with Gasteiger partial charge in [0.25, 0.3) is 5.88 Å². The van der Waals surface area contributed by atoms with Crippen molar-refractivity contribution >= 4 is 11.1 Å². The number of halogens is 3. The summed E-state index contributed by atoms with van der Waals surface area (Å²) in [5.41, 5.74) is 0.123. The molecule has 0 saturated heterocycles. The Morgan fingerprint density at radius 2 is 2.00 bits per heavy atom. The number of alkyl halides is 3. The second-order valence-corrected chi connectivity index (χ2v) is 5.34. The molecule has 134 valence electrons. The summed E-state index contributed by atoms with van der Waals surface area (Å²) in [4.78, 5) is 8.32. The molecule has 0 spiro atoms. The van der Waals surface area contributed by atoms with Crippen molar-refractivity contribution in [2.24, 2.45) is 7.05 Å². The van der Waals surface area contributed by atoms with Crippen LogP contribution in [0, 0.1) is 6.92 Å². The van der Waals surface area contributed by atoms with Gasteiger partial charge in [0.1, 0.15) is 0 Å². The van der Waals surface area contributed by atoms with Crippen LogP contribution in [-0.2, 0) is 13.2 Å². The van der Waals surface area contributed by atoms with E-state index in [0.29, 0.717) is 17.9 Å². The van der Waals surface area contributed by atoms with Gasteiger partial charge in [-0.1, -0.05) is 6.92 Å². The van der Waals surface area contributed by atoms with E-state index in [-0.39, 0.29) is 23.4 Å². The van der Waals surface area contributed by atoms with E-state index in [9.17, 15) is 13.2 Å². The zero-order valence-electron chi connectivity index (χ0n) is 13.7. The molecule has 3 aromatic heterocycles. The topological polar surface area (TPSA) is 75.2 Å². The van der Waals surface area contributed by atoms with E-state index in [4.69, 9.17) is 13.9 Å². The lowest BCUT2D eigenvalue weighted by Gasteiger charge is -2.05. The molecule has 0 aliphatic heterocycles. The van der Waals surface area contributed by atoms with Gasteiger partial charge in [0.15, 0.2) is 16.8 Å². The molecule has 0 amide bonds. The van der Waals surface area contributed by atoms with Crippen molar-refractivity contribution in [2.75, 3.05) is 6.61 Å². The number of aryl methyl sites for hydroxylation is 2. The minimum absolute atomic E-state index is 0.0156. The van der Waals surface area contributed by atoms with Crippen molar-refractivity contribution in [3.63, 3.8) is 0 Å². The van der Waals surface area contributed by atoms with Gasteiger partial charge in [-0.3, -0.25) is 0 Å². The Hall–Kier alpha value is -2.78. The molecule has 3 heterocycles. The fourth-order valence-electron chi connectivity index (χ4n) is 2.10. The van der Waals surface area contributed by atoms with Crippen LogP contribution in [0.2, 0.25) is 0 Å². The van der Waals surface area contributed by atoms with Gasteiger partial charge in [-0.15, -0.1) is 0 Å². The SMILES string of the molecule is CCCOc1nc2c(Oc3cc(C(F)(F)F)nn3C)nc(C)cc2o1. The molecule has 7 nitrogen and oxygen atoms in total. The van der Waals surface area contributed by atoms with Crippen LogP contribution in [0.1, 0.15) is 24.7 Å². The number of nitrogens with zero attached hydrogens (tertiary/aromatic N) is 4. The second kappa shape index (κ2) is 6.26. The van der Waals surface area contributed by atoms with Crippen molar-refractivity contribution < 1.29 is 27.1 Å². The predicted octanol–water partition coefficient (Wildman–Crippen LogP) is 3.86. The molecule has 0 aliphatic carbocycles. The first-order chi connectivity index (χ1) is 11.8. The Morgan fingerprint density at radius 3 is 2.64 bits per heavy atom. The molecule has 25 heavy (non-hydrogen) atoms. The average molecular weight is 356 g/mol. The quantitative estimate of drug-likeness (QED) is 0.691. The van der Waals surface area contributed by atoms with E-state index in [1.165, 1.54) is 7.05 Å². The van der Waals surface area contributed by atoms with Gasteiger partial charge in [0.05, 0.1) is 6.61 Å². The summed E-state index contributed by atoms with van der Waals surface area (Å²) in [7, 11) is 1.34. The van der Waals surface area contributed by atoms with Crippen molar-refractivity contribution in [3.8, 4) is 17.8 Å². The Kier molecular flexibility index (Phi) is 4.27. The maximum Gasteiger partial charge on any atom is 0.435 e. The highest BCUT2D eigenvalue weighted by Gasteiger charge is 2.35. The van der Waals surface area contributed by atoms with E-state index in [1.807, 2.05) is 6.92 Å². The molecule has 0 fully saturated rings. The summed E-state index contributed by atoms with van der Waals surface area (Å²) in [6.07, 6.45) is -3.74. The Bertz CT molecular complexity index is 901. The number of pyridine rings is 1. The summed E-state index contributed by atoms with van der Waals surface area (Å²) in [5, 5.41) is 3.40. The number of fused-ring (bicyclic) bond motifs is 1. The standard InChI is InChI=1S/C15H15F3N4O3/c1-4-5-23-14-20-12-9(24-14)6-8(2)19-13(12)25-11-7-10(15(16,17)18)21-22(11)3/h6-7H,4-5H2,1-3H3. The molecule has 0 radical (unpaired) electrons. The fraction of sp³-hybridized carbons (Fsp3) is 0.400. The largest absolute Gasteiger partial charge is 0.450 e. The van der Waals surface area contributed by atoms with Crippen LogP contribution in [0.4, 0.5) is 13.2 Å². The summed E-state index contributed by atoms with van der Waals surface area (Å²) in [6.45, 7) is 4.06. The minimum Gasteiger partial charge on any atom is -0.450 e. The third kappa shape index (κ3) is 3.52. The van der Waals surface area contributed by atoms with Gasteiger partial charge in [-0.2, -0.15) is 23.3 Å². The van der Waals surface area contributed by atoms with E-state index in [1.54, 1.807) is 13.0 Å². The van der Waals surface area contributed by atoms with Crippen molar-refractivity contribution in [1.82, 2.24) is 19.7 Å². The monoisotopic (exact) mass is 356 g/mol. The molecule has 3 aromatic rings. The first-order valence-electron chi connectivity index (χ1n) is 7.48. The lowest BCUT2D eigenvalue weighted by atomic mass is 10.3. The minimum atomic E-state index is -4.57. The lowest BCUT2D eigenvalue weighted by Crippen LogP contribution is -2.06. The average Bonchev–Trinajstić information content (AvgIpc) is 3.08. The van der Waals surface area contributed by atoms with Crippen molar-refractivity contribution in [3.05, 3.63) is 23.5 Å². The first-order valence-corrected chi connectivity index (χ1v) is 7.48. The highest BCUT2D eigenvalue weighted by atomic mass is 19.4. The van der Waals surface area contributed by atoms with Crippen LogP contribution >= 0.6 is 0 Å². The Labute approximate surface area is 140 Å². The molecule has 0 aromatic carbocycles. The number of hydrogen-bond acceptors (Lipinski definition) is 6. The van der Waals surface area contributed by atoms with Gasteiger partial charge in [0.2, 0.25) is 5.88 Å². The van der Waals surface area contributed by atoms with Gasteiger partial charge >= 0.3 is 12.3 Å². The lowest BCUT2D eigenvalue weighted by molar-refractivity contribution is -0.141. The second-order valence-electron chi connectivity index (χ2n) is 5.34. The van der Waals surface area contributed by atoms with E-state index < -0.39 is 11.9 Å². The third-order valence-corrected chi connectivity index (χ3v) is 3.21. The third-order valence-electron chi connectivity index (χ3n) is 3.21. The summed E-state index contributed by atoms with van der Waals surface area (Å²) in [6, 6.07) is 2.43. The summed E-state index contributed by atoms with van der Waals surface area (Å²) in [5.74, 6) is -0.104. The number of ether oxygens (including phenoxy) is 2. The van der Waals surface area contributed by atoms with E-state index in [0.717, 1.165) is 17.2 Å². The molecule has 0 unspecified atom stereocenters. The molecular weight excluding hydrogens is 341 g/mol. The predicted molar refractivity (Wildman–Crippen MR) is 80.6 cm³/mol. The normalized spacial score (nSPS) is 11.9. The zero-order chi connectivity index (χ0) is 18.2. The molecule has 0 aliphatic rings. The number of aromatic nitrogens is 4. The number of rotatable bonds is 5. The maximum absolute atomic E-state index is 12.8. The molecule has 3 rings (SSSR count). The summed E-state index contributed by atoms with van der Waals surface area (Å²) >= 11 is 0. The van der Waals surface area contributed by atoms with Crippen LogP contribution in [-0.4, -0.2) is 26.4 Å². The van der Waals surface area contributed by atoms with Crippen LogP contribution in [0.15, 0.2) is 16.5 Å².